The van der Waals surface area contributed by atoms with Crippen LogP contribution in [0.4, 0.5) is 10.7 Å². The molecule has 0 saturated carbocycles. The Hall–Kier alpha value is -3.16. The van der Waals surface area contributed by atoms with Crippen LogP contribution in [0.2, 0.25) is 0 Å². The fourth-order valence-corrected chi connectivity index (χ4v) is 6.97. The van der Waals surface area contributed by atoms with E-state index in [0.717, 1.165) is 53.6 Å². The van der Waals surface area contributed by atoms with Gasteiger partial charge in [0.05, 0.1) is 45.6 Å². The minimum Gasteiger partial charge on any atom is -0.379 e. The minimum absolute atomic E-state index is 0.0104. The predicted molar refractivity (Wildman–Crippen MR) is 156 cm³/mol. The SMILES string of the molecule is O=C(CN1CCOCC1)Nc1ccc(-c2cnc(C3CN(C(=O)c4ccc(NC(=O)[C@@H]5CCCN5)s4)C3)s2)cc1. The van der Waals surface area contributed by atoms with E-state index in [1.54, 1.807) is 23.5 Å². The topological polar surface area (TPSA) is 116 Å². The fourth-order valence-electron chi connectivity index (χ4n) is 5.08. The largest absolute Gasteiger partial charge is 0.379 e. The molecule has 2 aromatic heterocycles. The average Bonchev–Trinajstić information content (AvgIpc) is 3.71. The molecule has 3 amide bonds. The van der Waals surface area contributed by atoms with E-state index in [0.29, 0.717) is 42.7 Å². The maximum Gasteiger partial charge on any atom is 0.264 e. The number of hydrogen-bond acceptors (Lipinski definition) is 9. The Morgan fingerprint density at radius 2 is 1.82 bits per heavy atom. The summed E-state index contributed by atoms with van der Waals surface area (Å²) in [6, 6.07) is 11.3. The van der Waals surface area contributed by atoms with Crippen molar-refractivity contribution in [2.75, 3.05) is 63.1 Å². The van der Waals surface area contributed by atoms with Gasteiger partial charge in [-0.3, -0.25) is 19.3 Å². The summed E-state index contributed by atoms with van der Waals surface area (Å²) in [6.45, 7) is 5.39. The maximum atomic E-state index is 13.0. The third-order valence-electron chi connectivity index (χ3n) is 7.41. The van der Waals surface area contributed by atoms with E-state index < -0.39 is 0 Å². The highest BCUT2D eigenvalue weighted by Crippen LogP contribution is 2.36. The van der Waals surface area contributed by atoms with E-state index in [2.05, 4.69) is 25.8 Å². The molecule has 3 aromatic rings. The zero-order valence-electron chi connectivity index (χ0n) is 22.1. The van der Waals surface area contributed by atoms with Gasteiger partial charge in [-0.25, -0.2) is 4.98 Å². The second-order valence-electron chi connectivity index (χ2n) is 10.3. The van der Waals surface area contributed by atoms with E-state index >= 15 is 0 Å². The van der Waals surface area contributed by atoms with Crippen molar-refractivity contribution < 1.29 is 19.1 Å². The summed E-state index contributed by atoms with van der Waals surface area (Å²) in [5, 5.41) is 10.8. The number of benzene rings is 1. The molecule has 0 unspecified atom stereocenters. The van der Waals surface area contributed by atoms with E-state index in [9.17, 15) is 14.4 Å². The van der Waals surface area contributed by atoms with Gasteiger partial charge < -0.3 is 25.6 Å². The molecule has 3 saturated heterocycles. The van der Waals surface area contributed by atoms with Gasteiger partial charge in [-0.15, -0.1) is 22.7 Å². The van der Waals surface area contributed by atoms with Crippen LogP contribution in [0, 0.1) is 0 Å². The quantitative estimate of drug-likeness (QED) is 0.375. The van der Waals surface area contributed by atoms with Crippen LogP contribution in [0.5, 0.6) is 0 Å². The molecule has 0 bridgehead atoms. The number of rotatable bonds is 8. The Bertz CT molecular complexity index is 1360. The number of hydrogen-bond donors (Lipinski definition) is 3. The monoisotopic (exact) mass is 580 g/mol. The number of thiophene rings is 1. The van der Waals surface area contributed by atoms with Crippen LogP contribution in [0.15, 0.2) is 42.6 Å². The number of nitrogens with zero attached hydrogens (tertiary/aromatic N) is 3. The second-order valence-corrected chi connectivity index (χ2v) is 12.4. The molecule has 40 heavy (non-hydrogen) atoms. The molecule has 3 fully saturated rings. The first-order chi connectivity index (χ1) is 19.5. The van der Waals surface area contributed by atoms with E-state index in [1.165, 1.54) is 11.3 Å². The van der Waals surface area contributed by atoms with Gasteiger partial charge in [-0.05, 0) is 49.2 Å². The Morgan fingerprint density at radius 1 is 1.02 bits per heavy atom. The zero-order chi connectivity index (χ0) is 27.5. The number of nitrogens with one attached hydrogen (secondary N) is 3. The van der Waals surface area contributed by atoms with Crippen molar-refractivity contribution in [1.82, 2.24) is 20.1 Å². The summed E-state index contributed by atoms with van der Waals surface area (Å²) < 4.78 is 5.33. The highest BCUT2D eigenvalue weighted by Gasteiger charge is 2.35. The molecule has 6 rings (SSSR count). The van der Waals surface area contributed by atoms with Crippen LogP contribution in [0.1, 0.15) is 33.4 Å². The highest BCUT2D eigenvalue weighted by atomic mass is 32.1. The summed E-state index contributed by atoms with van der Waals surface area (Å²) >= 11 is 2.96. The molecular formula is C28H32N6O4S2. The Kier molecular flexibility index (Phi) is 8.21. The van der Waals surface area contributed by atoms with E-state index in [4.69, 9.17) is 4.74 Å². The normalized spacial score (nSPS) is 19.8. The third-order valence-corrected chi connectivity index (χ3v) is 9.60. The molecule has 0 radical (unpaired) electrons. The molecule has 0 spiro atoms. The number of likely N-dealkylation sites (tertiary alicyclic amines) is 1. The van der Waals surface area contributed by atoms with Crippen molar-refractivity contribution in [3.05, 3.63) is 52.5 Å². The predicted octanol–water partition coefficient (Wildman–Crippen LogP) is 3.07. The van der Waals surface area contributed by atoms with Crippen molar-refractivity contribution in [2.45, 2.75) is 24.8 Å². The summed E-state index contributed by atoms with van der Waals surface area (Å²) in [7, 11) is 0. The van der Waals surface area contributed by atoms with Crippen molar-refractivity contribution in [1.29, 1.82) is 0 Å². The number of anilines is 2. The van der Waals surface area contributed by atoms with Crippen molar-refractivity contribution in [3.63, 3.8) is 0 Å². The average molecular weight is 581 g/mol. The molecule has 10 nitrogen and oxygen atoms in total. The van der Waals surface area contributed by atoms with Gasteiger partial charge >= 0.3 is 0 Å². The lowest BCUT2D eigenvalue weighted by atomic mass is 10.0. The van der Waals surface area contributed by atoms with Crippen LogP contribution in [0.3, 0.4) is 0 Å². The van der Waals surface area contributed by atoms with Gasteiger partial charge in [-0.1, -0.05) is 12.1 Å². The first kappa shape index (κ1) is 27.0. The van der Waals surface area contributed by atoms with Gasteiger partial charge in [-0.2, -0.15) is 0 Å². The first-order valence-corrected chi connectivity index (χ1v) is 15.2. The molecule has 3 aliphatic rings. The molecule has 0 aliphatic carbocycles. The lowest BCUT2D eigenvalue weighted by molar-refractivity contribution is -0.118. The molecule has 1 aromatic carbocycles. The van der Waals surface area contributed by atoms with E-state index in [1.807, 2.05) is 35.4 Å². The lowest BCUT2D eigenvalue weighted by Gasteiger charge is -2.37. The third kappa shape index (κ3) is 6.26. The summed E-state index contributed by atoms with van der Waals surface area (Å²) in [4.78, 5) is 47.9. The smallest absolute Gasteiger partial charge is 0.264 e. The molecule has 210 valence electrons. The lowest BCUT2D eigenvalue weighted by Crippen LogP contribution is -2.48. The van der Waals surface area contributed by atoms with Crippen molar-refractivity contribution in [2.24, 2.45) is 0 Å². The van der Waals surface area contributed by atoms with E-state index in [-0.39, 0.29) is 29.7 Å². The van der Waals surface area contributed by atoms with Crippen molar-refractivity contribution >= 4 is 51.1 Å². The summed E-state index contributed by atoms with van der Waals surface area (Å²) in [5.41, 5.74) is 1.81. The first-order valence-electron chi connectivity index (χ1n) is 13.6. The van der Waals surface area contributed by atoms with Crippen molar-refractivity contribution in [3.8, 4) is 10.4 Å². The molecule has 1 atom stereocenters. The second kappa shape index (κ2) is 12.1. The van der Waals surface area contributed by atoms with Gasteiger partial charge in [0.2, 0.25) is 11.8 Å². The summed E-state index contributed by atoms with van der Waals surface area (Å²) in [5.74, 6) is 0.145. The standard InChI is InChI=1S/C28H32N6O4S2/c35-24(17-33-10-12-38-13-11-33)31-20-5-3-18(4-6-20)23-14-30-27(40-23)19-15-34(16-19)28(37)22-7-8-25(39-22)32-26(36)21-2-1-9-29-21/h3-8,14,19,21,29H,1-2,9-13,15-17H2,(H,31,35)(H,32,36)/t21-/m0/s1. The number of ether oxygens (including phenoxy) is 1. The minimum atomic E-state index is -0.148. The maximum absolute atomic E-state index is 13.0. The Balaban J connectivity index is 0.982. The fraction of sp³-hybridized carbons (Fsp3) is 0.429. The van der Waals surface area contributed by atoms with Crippen LogP contribution < -0.4 is 16.0 Å². The van der Waals surface area contributed by atoms with Crippen LogP contribution in [0.25, 0.3) is 10.4 Å². The highest BCUT2D eigenvalue weighted by molar-refractivity contribution is 7.18. The number of thiazole rings is 1. The number of carbonyl (C=O) groups excluding carboxylic acids is 3. The molecule has 12 heteroatoms. The van der Waals surface area contributed by atoms with Crippen LogP contribution in [-0.2, 0) is 14.3 Å². The Morgan fingerprint density at radius 3 is 2.58 bits per heavy atom. The zero-order valence-corrected chi connectivity index (χ0v) is 23.7. The molecular weight excluding hydrogens is 548 g/mol. The van der Waals surface area contributed by atoms with Gasteiger partial charge in [0.1, 0.15) is 0 Å². The Labute approximate surface area is 240 Å². The number of morpholine rings is 1. The van der Waals surface area contributed by atoms with Crippen LogP contribution >= 0.6 is 22.7 Å². The number of aromatic nitrogens is 1. The summed E-state index contributed by atoms with van der Waals surface area (Å²) in [6.07, 6.45) is 3.73. The molecule has 3 N–H and O–H groups in total. The molecule has 5 heterocycles. The van der Waals surface area contributed by atoms with Gasteiger partial charge in [0, 0.05) is 44.0 Å². The van der Waals surface area contributed by atoms with Crippen LogP contribution in [-0.4, -0.2) is 91.0 Å². The van der Waals surface area contributed by atoms with Gasteiger partial charge in [0.25, 0.3) is 5.91 Å². The van der Waals surface area contributed by atoms with Gasteiger partial charge in [0.15, 0.2) is 0 Å². The number of amides is 3. The number of carbonyl (C=O) groups is 3. The molecule has 3 aliphatic heterocycles.